The smallest absolute Gasteiger partial charge is 0.406 e. The van der Waals surface area contributed by atoms with Gasteiger partial charge in [0.2, 0.25) is 0 Å². The van der Waals surface area contributed by atoms with Gasteiger partial charge in [0.25, 0.3) is 0 Å². The molecule has 1 heterocycles. The number of benzene rings is 3. The monoisotopic (exact) mass is 540 g/mol. The molecule has 2 amide bonds. The molecule has 1 saturated heterocycles. The normalized spacial score (nSPS) is 25.9. The number of halogens is 6. The van der Waals surface area contributed by atoms with Crippen LogP contribution in [0.4, 0.5) is 33.7 Å². The van der Waals surface area contributed by atoms with Gasteiger partial charge in [0, 0.05) is 39.8 Å². The van der Waals surface area contributed by atoms with Crippen molar-refractivity contribution in [2.45, 2.75) is 36.6 Å². The summed E-state index contributed by atoms with van der Waals surface area (Å²) < 4.78 is 57.5. The molecule has 0 bridgehead atoms. The fourth-order valence-corrected chi connectivity index (χ4v) is 5.32. The van der Waals surface area contributed by atoms with E-state index in [4.69, 9.17) is 23.2 Å². The number of amides is 2. The van der Waals surface area contributed by atoms with E-state index in [1.807, 2.05) is 0 Å². The van der Waals surface area contributed by atoms with Crippen molar-refractivity contribution in [1.29, 1.82) is 0 Å². The second kappa shape index (κ2) is 8.54. The van der Waals surface area contributed by atoms with Gasteiger partial charge in [0.15, 0.2) is 5.72 Å². The lowest BCUT2D eigenvalue weighted by atomic mass is 9.65. The first-order valence-corrected chi connectivity index (χ1v) is 11.6. The Balaban J connectivity index is 1.74. The number of hydrogen-bond donors (Lipinski definition) is 1. The maximum atomic E-state index is 14.6. The van der Waals surface area contributed by atoms with E-state index >= 15 is 0 Å². The predicted octanol–water partition coefficient (Wildman–Crippen LogP) is 7.05. The minimum atomic E-state index is -4.98. The van der Waals surface area contributed by atoms with Gasteiger partial charge in [-0.3, -0.25) is 9.80 Å². The largest absolute Gasteiger partial charge is 0.573 e. The van der Waals surface area contributed by atoms with Crippen molar-refractivity contribution in [1.82, 2.24) is 0 Å². The molecule has 2 aliphatic rings. The van der Waals surface area contributed by atoms with E-state index in [-0.39, 0.29) is 24.1 Å². The zero-order chi connectivity index (χ0) is 25.9. The number of ether oxygens (including phenoxy) is 1. The maximum Gasteiger partial charge on any atom is 0.573 e. The van der Waals surface area contributed by atoms with Gasteiger partial charge in [-0.15, -0.1) is 13.2 Å². The zero-order valence-electron chi connectivity index (χ0n) is 18.3. The molecule has 36 heavy (non-hydrogen) atoms. The number of hydrogen-bond acceptors (Lipinski definition) is 3. The lowest BCUT2D eigenvalue weighted by molar-refractivity contribution is -0.274. The number of aliphatic hydroxyl groups is 1. The van der Waals surface area contributed by atoms with Crippen molar-refractivity contribution >= 4 is 40.6 Å². The van der Waals surface area contributed by atoms with Crippen LogP contribution in [0.25, 0.3) is 0 Å². The van der Waals surface area contributed by atoms with E-state index in [0.717, 1.165) is 17.0 Å². The highest BCUT2D eigenvalue weighted by molar-refractivity contribution is 6.31. The van der Waals surface area contributed by atoms with Crippen LogP contribution < -0.4 is 14.5 Å². The number of alkyl halides is 4. The summed E-state index contributed by atoms with van der Waals surface area (Å²) >= 11 is 12.0. The summed E-state index contributed by atoms with van der Waals surface area (Å²) in [5.41, 5.74) is -3.34. The lowest BCUT2D eigenvalue weighted by Gasteiger charge is -2.54. The number of rotatable bonds is 4. The molecule has 2 fully saturated rings. The molecule has 0 aromatic heterocycles. The molecule has 0 radical (unpaired) electrons. The van der Waals surface area contributed by atoms with Crippen molar-refractivity contribution in [3.63, 3.8) is 0 Å². The minimum absolute atomic E-state index is 0.0732. The van der Waals surface area contributed by atoms with E-state index in [0.29, 0.717) is 15.7 Å². The molecule has 1 atom stereocenters. The van der Waals surface area contributed by atoms with Gasteiger partial charge in [-0.25, -0.2) is 9.18 Å². The van der Waals surface area contributed by atoms with Gasteiger partial charge >= 0.3 is 12.4 Å². The van der Waals surface area contributed by atoms with Gasteiger partial charge < -0.3 is 9.84 Å². The molecule has 3 aromatic rings. The Kier molecular flexibility index (Phi) is 5.85. The van der Waals surface area contributed by atoms with Gasteiger partial charge in [-0.05, 0) is 60.7 Å². The minimum Gasteiger partial charge on any atom is -0.406 e. The molecule has 1 aliphatic carbocycles. The number of carbonyl (C=O) groups excluding carboxylic acids is 1. The second-order valence-corrected chi connectivity index (χ2v) is 9.56. The predicted molar refractivity (Wildman–Crippen MR) is 127 cm³/mol. The Hall–Kier alpha value is -3.01. The molecule has 1 aliphatic heterocycles. The number of anilines is 2. The van der Waals surface area contributed by atoms with Crippen LogP contribution in [-0.4, -0.2) is 29.2 Å². The lowest BCUT2D eigenvalue weighted by Crippen LogP contribution is -2.67. The third-order valence-electron chi connectivity index (χ3n) is 6.54. The molecule has 5 nitrogen and oxygen atoms in total. The zero-order valence-corrected chi connectivity index (χ0v) is 19.9. The Bertz CT molecular complexity index is 1300. The van der Waals surface area contributed by atoms with Gasteiger partial charge in [0.1, 0.15) is 17.5 Å². The first kappa shape index (κ1) is 24.7. The van der Waals surface area contributed by atoms with Crippen LogP contribution in [0.2, 0.25) is 10.0 Å². The molecular formula is C25H18Cl2F4N2O3. The third kappa shape index (κ3) is 3.86. The molecular weight excluding hydrogens is 523 g/mol. The summed E-state index contributed by atoms with van der Waals surface area (Å²) in [6.45, 7) is 0. The Morgan fingerprint density at radius 1 is 0.889 bits per heavy atom. The van der Waals surface area contributed by atoms with Crippen molar-refractivity contribution in [3.05, 3.63) is 88.4 Å². The summed E-state index contributed by atoms with van der Waals surface area (Å²) in [7, 11) is 0. The van der Waals surface area contributed by atoms with Gasteiger partial charge in [0.05, 0.1) is 0 Å². The van der Waals surface area contributed by atoms with Gasteiger partial charge in [-0.2, -0.15) is 0 Å². The summed E-state index contributed by atoms with van der Waals surface area (Å²) in [5.74, 6) is -0.590. The van der Waals surface area contributed by atoms with E-state index in [2.05, 4.69) is 4.74 Å². The molecule has 1 N–H and O–H groups in total. The Labute approximate surface area is 213 Å². The Morgan fingerprint density at radius 2 is 1.42 bits per heavy atom. The number of carbonyl (C=O) groups is 1. The molecule has 1 saturated carbocycles. The highest BCUT2D eigenvalue weighted by atomic mass is 35.5. The van der Waals surface area contributed by atoms with Crippen molar-refractivity contribution in [3.8, 4) is 5.75 Å². The standard InChI is InChI=1S/C25H18Cl2F4N2O3/c26-16-4-8-19(9-5-16)32-22(34)33(20-10-6-17(27)7-11-20)24(35,23(32)13-18(28)14-23)15-2-1-3-21(12-15)36-25(29,30)31/h1-12,18,35H,13-14H2. The SMILES string of the molecule is O=C1N(c2ccc(Cl)cc2)C2(CC(F)C2)C(O)(c2cccc(OC(F)(F)F)c2)N1c1ccc(Cl)cc1. The second-order valence-electron chi connectivity index (χ2n) is 8.69. The van der Waals surface area contributed by atoms with E-state index < -0.39 is 35.6 Å². The molecule has 11 heteroatoms. The molecule has 5 rings (SSSR count). The first-order valence-electron chi connectivity index (χ1n) is 10.8. The van der Waals surface area contributed by atoms with E-state index in [1.54, 1.807) is 24.3 Å². The van der Waals surface area contributed by atoms with Crippen LogP contribution in [-0.2, 0) is 5.72 Å². The van der Waals surface area contributed by atoms with Crippen LogP contribution in [0.1, 0.15) is 18.4 Å². The molecule has 1 unspecified atom stereocenters. The summed E-state index contributed by atoms with van der Waals surface area (Å²) in [6, 6.07) is 16.2. The van der Waals surface area contributed by atoms with Crippen LogP contribution in [0.5, 0.6) is 5.75 Å². The van der Waals surface area contributed by atoms with Crippen molar-refractivity contribution in [2.75, 3.05) is 9.80 Å². The van der Waals surface area contributed by atoms with Gasteiger partial charge in [-0.1, -0.05) is 35.3 Å². The fraction of sp³-hybridized carbons (Fsp3) is 0.240. The first-order chi connectivity index (χ1) is 16.9. The average Bonchev–Trinajstić information content (AvgIpc) is 2.99. The van der Waals surface area contributed by atoms with Crippen molar-refractivity contribution < 1.29 is 32.2 Å². The van der Waals surface area contributed by atoms with E-state index in [1.165, 1.54) is 41.3 Å². The molecule has 188 valence electrons. The maximum absolute atomic E-state index is 14.6. The fourth-order valence-electron chi connectivity index (χ4n) is 5.07. The van der Waals surface area contributed by atoms with Crippen LogP contribution in [0, 0.1) is 0 Å². The number of urea groups is 1. The Morgan fingerprint density at radius 3 is 1.92 bits per heavy atom. The average molecular weight is 541 g/mol. The van der Waals surface area contributed by atoms with E-state index in [9.17, 15) is 27.5 Å². The highest BCUT2D eigenvalue weighted by Gasteiger charge is 2.73. The van der Waals surface area contributed by atoms with Crippen LogP contribution in [0.3, 0.4) is 0 Å². The van der Waals surface area contributed by atoms with Crippen LogP contribution in [0.15, 0.2) is 72.8 Å². The topological polar surface area (TPSA) is 53.0 Å². The molecule has 1 spiro atoms. The summed E-state index contributed by atoms with van der Waals surface area (Å²) in [5, 5.41) is 13.2. The highest BCUT2D eigenvalue weighted by Crippen LogP contribution is 2.60. The summed E-state index contributed by atoms with van der Waals surface area (Å²) in [4.78, 5) is 16.3. The summed E-state index contributed by atoms with van der Waals surface area (Å²) in [6.07, 6.45) is -6.84. The number of nitrogens with zero attached hydrogens (tertiary/aromatic N) is 2. The quantitative estimate of drug-likeness (QED) is 0.360. The third-order valence-corrected chi connectivity index (χ3v) is 7.05. The van der Waals surface area contributed by atoms with Crippen molar-refractivity contribution in [2.24, 2.45) is 0 Å². The molecule has 3 aromatic carbocycles. The van der Waals surface area contributed by atoms with Crippen LogP contribution >= 0.6 is 23.2 Å².